The maximum Gasteiger partial charge on any atom is 0.337 e. The number of esters is 1. The van der Waals surface area contributed by atoms with E-state index >= 15 is 0 Å². The first-order valence-corrected chi connectivity index (χ1v) is 4.93. The van der Waals surface area contributed by atoms with Gasteiger partial charge in [-0.2, -0.15) is 0 Å². The van der Waals surface area contributed by atoms with Gasteiger partial charge in [0.05, 0.1) is 19.3 Å². The van der Waals surface area contributed by atoms with Crippen molar-refractivity contribution in [2.45, 2.75) is 6.61 Å². The summed E-state index contributed by atoms with van der Waals surface area (Å²) in [6.07, 6.45) is 0. The summed E-state index contributed by atoms with van der Waals surface area (Å²) in [4.78, 5) is 14.5. The van der Waals surface area contributed by atoms with E-state index in [4.69, 9.17) is 4.74 Å². The number of carbonyl (C=O) groups is 1. The predicted molar refractivity (Wildman–Crippen MR) is 60.4 cm³/mol. The Morgan fingerprint density at radius 1 is 1.31 bits per heavy atom. The molecule has 0 saturated carbocycles. The molecule has 0 aliphatic heterocycles. The van der Waals surface area contributed by atoms with Crippen LogP contribution in [0.3, 0.4) is 0 Å². The molecule has 0 radical (unpaired) electrons. The molecule has 0 atom stereocenters. The van der Waals surface area contributed by atoms with Crippen LogP contribution in [0.4, 0.5) is 0 Å². The molecule has 0 saturated heterocycles. The molecule has 2 rings (SSSR count). The fraction of sp³-hybridized carbons (Fsp3) is 0.250. The first kappa shape index (κ1) is 10.7. The topological polar surface area (TPSA) is 51.3 Å². The maximum absolute atomic E-state index is 11.3. The number of methoxy groups -OCH3 is 2. The monoisotopic (exact) mass is 219 g/mol. The SMILES string of the molecule is COCc1cc2ccc(C(=O)OC)cc2[nH]1. The van der Waals surface area contributed by atoms with E-state index in [2.05, 4.69) is 9.72 Å². The molecule has 16 heavy (non-hydrogen) atoms. The average Bonchev–Trinajstić information content (AvgIpc) is 2.69. The molecular weight excluding hydrogens is 206 g/mol. The number of rotatable bonds is 3. The summed E-state index contributed by atoms with van der Waals surface area (Å²) in [5, 5.41) is 1.06. The zero-order valence-electron chi connectivity index (χ0n) is 9.24. The normalized spacial score (nSPS) is 10.6. The van der Waals surface area contributed by atoms with Crippen LogP contribution in [0.25, 0.3) is 10.9 Å². The minimum absolute atomic E-state index is 0.329. The van der Waals surface area contributed by atoms with E-state index < -0.39 is 0 Å². The van der Waals surface area contributed by atoms with E-state index in [9.17, 15) is 4.79 Å². The van der Waals surface area contributed by atoms with Gasteiger partial charge in [0.2, 0.25) is 0 Å². The first-order chi connectivity index (χ1) is 7.74. The molecule has 4 nitrogen and oxygen atoms in total. The Balaban J connectivity index is 2.41. The van der Waals surface area contributed by atoms with Gasteiger partial charge in [-0.3, -0.25) is 0 Å². The molecular formula is C12H13NO3. The summed E-state index contributed by atoms with van der Waals surface area (Å²) in [6, 6.07) is 7.41. The lowest BCUT2D eigenvalue weighted by Crippen LogP contribution is -2.00. The van der Waals surface area contributed by atoms with Gasteiger partial charge in [-0.1, -0.05) is 6.07 Å². The molecule has 1 heterocycles. The average molecular weight is 219 g/mol. The van der Waals surface area contributed by atoms with E-state index in [1.54, 1.807) is 19.2 Å². The maximum atomic E-state index is 11.3. The van der Waals surface area contributed by atoms with Crippen molar-refractivity contribution >= 4 is 16.9 Å². The summed E-state index contributed by atoms with van der Waals surface area (Å²) in [7, 11) is 3.02. The van der Waals surface area contributed by atoms with Crippen molar-refractivity contribution in [3.8, 4) is 0 Å². The number of H-pyrrole nitrogens is 1. The molecule has 1 aromatic heterocycles. The second-order valence-electron chi connectivity index (χ2n) is 3.52. The zero-order chi connectivity index (χ0) is 11.5. The Hall–Kier alpha value is -1.81. The number of fused-ring (bicyclic) bond motifs is 1. The number of aromatic nitrogens is 1. The Labute approximate surface area is 93.2 Å². The standard InChI is InChI=1S/C12H13NO3/c1-15-7-10-5-8-3-4-9(12(14)16-2)6-11(8)13-10/h3-6,13H,7H2,1-2H3. The molecule has 0 aliphatic rings. The Morgan fingerprint density at radius 3 is 2.81 bits per heavy atom. The molecule has 1 N–H and O–H groups in total. The Morgan fingerprint density at radius 2 is 2.12 bits per heavy atom. The van der Waals surface area contributed by atoms with Crippen LogP contribution in [0.15, 0.2) is 24.3 Å². The number of hydrogen-bond donors (Lipinski definition) is 1. The second-order valence-corrected chi connectivity index (χ2v) is 3.52. The van der Waals surface area contributed by atoms with Gasteiger partial charge in [0.1, 0.15) is 0 Å². The second kappa shape index (κ2) is 4.37. The van der Waals surface area contributed by atoms with Gasteiger partial charge in [-0.05, 0) is 23.6 Å². The highest BCUT2D eigenvalue weighted by Gasteiger charge is 2.07. The van der Waals surface area contributed by atoms with Gasteiger partial charge in [0.25, 0.3) is 0 Å². The van der Waals surface area contributed by atoms with Crippen molar-refractivity contribution in [2.24, 2.45) is 0 Å². The predicted octanol–water partition coefficient (Wildman–Crippen LogP) is 2.10. The van der Waals surface area contributed by atoms with Gasteiger partial charge < -0.3 is 14.5 Å². The van der Waals surface area contributed by atoms with Crippen LogP contribution < -0.4 is 0 Å². The smallest absolute Gasteiger partial charge is 0.337 e. The summed E-state index contributed by atoms with van der Waals surface area (Å²) in [5.41, 5.74) is 2.44. The molecule has 0 aliphatic carbocycles. The van der Waals surface area contributed by atoms with Gasteiger partial charge in [-0.25, -0.2) is 4.79 Å². The molecule has 0 bridgehead atoms. The van der Waals surface area contributed by atoms with E-state index in [-0.39, 0.29) is 5.97 Å². The highest BCUT2D eigenvalue weighted by molar-refractivity contribution is 5.94. The van der Waals surface area contributed by atoms with Gasteiger partial charge >= 0.3 is 5.97 Å². The van der Waals surface area contributed by atoms with Gasteiger partial charge in [0.15, 0.2) is 0 Å². The molecule has 0 amide bonds. The van der Waals surface area contributed by atoms with E-state index in [1.807, 2.05) is 12.1 Å². The highest BCUT2D eigenvalue weighted by Crippen LogP contribution is 2.18. The van der Waals surface area contributed by atoms with Crippen molar-refractivity contribution in [3.05, 3.63) is 35.5 Å². The number of hydrogen-bond acceptors (Lipinski definition) is 3. The van der Waals surface area contributed by atoms with Crippen LogP contribution in [-0.4, -0.2) is 25.2 Å². The van der Waals surface area contributed by atoms with Gasteiger partial charge in [0, 0.05) is 18.3 Å². The zero-order valence-corrected chi connectivity index (χ0v) is 9.24. The van der Waals surface area contributed by atoms with Crippen molar-refractivity contribution in [3.63, 3.8) is 0 Å². The summed E-state index contributed by atoms with van der Waals surface area (Å²) in [5.74, 6) is -0.329. The number of carbonyl (C=O) groups excluding carboxylic acids is 1. The summed E-state index contributed by atoms with van der Waals surface area (Å²) >= 11 is 0. The fourth-order valence-corrected chi connectivity index (χ4v) is 1.67. The summed E-state index contributed by atoms with van der Waals surface area (Å²) in [6.45, 7) is 0.530. The fourth-order valence-electron chi connectivity index (χ4n) is 1.67. The van der Waals surface area contributed by atoms with Crippen LogP contribution in [0.5, 0.6) is 0 Å². The van der Waals surface area contributed by atoms with E-state index in [1.165, 1.54) is 7.11 Å². The minimum Gasteiger partial charge on any atom is -0.465 e. The Bertz CT molecular complexity index is 516. The molecule has 4 heteroatoms. The number of benzene rings is 1. The first-order valence-electron chi connectivity index (χ1n) is 4.93. The Kier molecular flexibility index (Phi) is 2.92. The lowest BCUT2D eigenvalue weighted by molar-refractivity contribution is 0.0601. The van der Waals surface area contributed by atoms with Gasteiger partial charge in [-0.15, -0.1) is 0 Å². The van der Waals surface area contributed by atoms with Crippen LogP contribution >= 0.6 is 0 Å². The van der Waals surface area contributed by atoms with Crippen LogP contribution in [0, 0.1) is 0 Å². The number of nitrogens with one attached hydrogen (secondary N) is 1. The third-order valence-electron chi connectivity index (χ3n) is 2.40. The van der Waals surface area contributed by atoms with Crippen LogP contribution in [0.1, 0.15) is 16.1 Å². The van der Waals surface area contributed by atoms with Crippen molar-refractivity contribution in [2.75, 3.05) is 14.2 Å². The number of ether oxygens (including phenoxy) is 2. The van der Waals surface area contributed by atoms with E-state index in [0.717, 1.165) is 16.6 Å². The minimum atomic E-state index is -0.329. The number of aromatic amines is 1. The quantitative estimate of drug-likeness (QED) is 0.804. The van der Waals surface area contributed by atoms with Crippen LogP contribution in [-0.2, 0) is 16.1 Å². The van der Waals surface area contributed by atoms with Crippen LogP contribution in [0.2, 0.25) is 0 Å². The molecule has 1 aromatic carbocycles. The third kappa shape index (κ3) is 1.92. The molecule has 2 aromatic rings. The molecule has 84 valence electrons. The van der Waals surface area contributed by atoms with Crippen molar-refractivity contribution < 1.29 is 14.3 Å². The molecule has 0 spiro atoms. The van der Waals surface area contributed by atoms with E-state index in [0.29, 0.717) is 12.2 Å². The lowest BCUT2D eigenvalue weighted by atomic mass is 10.1. The highest BCUT2D eigenvalue weighted by atomic mass is 16.5. The molecule has 0 unspecified atom stereocenters. The third-order valence-corrected chi connectivity index (χ3v) is 2.40. The molecule has 0 fully saturated rings. The lowest BCUT2D eigenvalue weighted by Gasteiger charge is -1.98. The van der Waals surface area contributed by atoms with Crippen molar-refractivity contribution in [1.29, 1.82) is 0 Å². The summed E-state index contributed by atoms with van der Waals surface area (Å²) < 4.78 is 9.70. The van der Waals surface area contributed by atoms with Crippen molar-refractivity contribution in [1.82, 2.24) is 4.98 Å². The largest absolute Gasteiger partial charge is 0.465 e.